The van der Waals surface area contributed by atoms with Gasteiger partial charge in [0.05, 0.1) is 17.7 Å². The van der Waals surface area contributed by atoms with Crippen LogP contribution < -0.4 is 5.32 Å². The lowest BCUT2D eigenvalue weighted by molar-refractivity contribution is 0.0865. The number of carbonyl (C=O) groups excluding carboxylic acids is 1. The predicted molar refractivity (Wildman–Crippen MR) is 63.2 cm³/mol. The molecule has 1 fully saturated rings. The third-order valence-electron chi connectivity index (χ3n) is 2.70. The van der Waals surface area contributed by atoms with E-state index < -0.39 is 0 Å². The average molecular weight is 285 g/mol. The highest BCUT2D eigenvalue weighted by molar-refractivity contribution is 9.10. The Labute approximate surface area is 103 Å². The van der Waals surface area contributed by atoms with Gasteiger partial charge < -0.3 is 10.1 Å². The number of hydrogen-bond acceptors (Lipinski definition) is 3. The molecule has 1 saturated heterocycles. The molecule has 0 bridgehead atoms. The van der Waals surface area contributed by atoms with Crippen molar-refractivity contribution in [3.63, 3.8) is 0 Å². The van der Waals surface area contributed by atoms with E-state index in [0.717, 1.165) is 6.42 Å². The zero-order valence-corrected chi connectivity index (χ0v) is 10.5. The van der Waals surface area contributed by atoms with E-state index in [1.165, 1.54) is 0 Å². The van der Waals surface area contributed by atoms with Gasteiger partial charge in [-0.1, -0.05) is 0 Å². The van der Waals surface area contributed by atoms with Crippen LogP contribution in [0.1, 0.15) is 23.7 Å². The van der Waals surface area contributed by atoms with Crippen molar-refractivity contribution in [2.75, 3.05) is 6.61 Å². The molecule has 1 aromatic rings. The topological polar surface area (TPSA) is 51.2 Å². The Morgan fingerprint density at radius 2 is 2.50 bits per heavy atom. The van der Waals surface area contributed by atoms with Crippen LogP contribution in [-0.4, -0.2) is 29.6 Å². The first-order valence-electron chi connectivity index (χ1n) is 5.21. The number of halogens is 1. The van der Waals surface area contributed by atoms with E-state index in [9.17, 15) is 4.79 Å². The van der Waals surface area contributed by atoms with Crippen LogP contribution in [0.15, 0.2) is 22.9 Å². The fourth-order valence-corrected chi connectivity index (χ4v) is 2.15. The van der Waals surface area contributed by atoms with E-state index in [4.69, 9.17) is 4.74 Å². The first kappa shape index (κ1) is 11.5. The molecule has 0 aromatic carbocycles. The zero-order valence-electron chi connectivity index (χ0n) is 8.94. The minimum absolute atomic E-state index is 0.0828. The summed E-state index contributed by atoms with van der Waals surface area (Å²) in [7, 11) is 0. The number of hydrogen-bond donors (Lipinski definition) is 1. The van der Waals surface area contributed by atoms with Crippen LogP contribution in [0.25, 0.3) is 0 Å². The SMILES string of the molecule is CC1OCCC1NC(=O)c1cccnc1Br. The van der Waals surface area contributed by atoms with Gasteiger partial charge >= 0.3 is 0 Å². The lowest BCUT2D eigenvalue weighted by Crippen LogP contribution is -2.39. The number of amides is 1. The molecule has 2 rings (SSSR count). The average Bonchev–Trinajstić information content (AvgIpc) is 2.65. The molecule has 0 aliphatic carbocycles. The lowest BCUT2D eigenvalue weighted by atomic mass is 10.1. The number of nitrogens with zero attached hydrogens (tertiary/aromatic N) is 1. The van der Waals surface area contributed by atoms with Gasteiger partial charge in [-0.05, 0) is 41.4 Å². The Kier molecular flexibility index (Phi) is 3.56. The summed E-state index contributed by atoms with van der Waals surface area (Å²) in [6.07, 6.45) is 2.59. The molecule has 0 saturated carbocycles. The highest BCUT2D eigenvalue weighted by Crippen LogP contribution is 2.16. The number of ether oxygens (including phenoxy) is 1. The van der Waals surface area contributed by atoms with E-state index in [1.807, 2.05) is 6.92 Å². The van der Waals surface area contributed by atoms with Crippen molar-refractivity contribution >= 4 is 21.8 Å². The van der Waals surface area contributed by atoms with Crippen molar-refractivity contribution in [2.24, 2.45) is 0 Å². The van der Waals surface area contributed by atoms with Crippen molar-refractivity contribution in [3.8, 4) is 0 Å². The number of aromatic nitrogens is 1. The van der Waals surface area contributed by atoms with Crippen LogP contribution >= 0.6 is 15.9 Å². The fourth-order valence-electron chi connectivity index (χ4n) is 1.72. The van der Waals surface area contributed by atoms with Crippen molar-refractivity contribution in [1.29, 1.82) is 0 Å². The molecule has 1 aromatic heterocycles. The van der Waals surface area contributed by atoms with Crippen molar-refractivity contribution < 1.29 is 9.53 Å². The van der Waals surface area contributed by atoms with Gasteiger partial charge in [0, 0.05) is 12.8 Å². The normalized spacial score (nSPS) is 24.4. The third kappa shape index (κ3) is 2.41. The molecule has 86 valence electrons. The minimum Gasteiger partial charge on any atom is -0.376 e. The quantitative estimate of drug-likeness (QED) is 0.842. The van der Waals surface area contributed by atoms with E-state index in [1.54, 1.807) is 18.3 Å². The Hall–Kier alpha value is -0.940. The second-order valence-corrected chi connectivity index (χ2v) is 4.54. The number of pyridine rings is 1. The Balaban J connectivity index is 2.06. The molecule has 0 radical (unpaired) electrons. The summed E-state index contributed by atoms with van der Waals surface area (Å²) >= 11 is 3.26. The molecule has 2 unspecified atom stereocenters. The molecule has 0 spiro atoms. The fraction of sp³-hybridized carbons (Fsp3) is 0.455. The highest BCUT2D eigenvalue weighted by atomic mass is 79.9. The van der Waals surface area contributed by atoms with Crippen molar-refractivity contribution in [1.82, 2.24) is 10.3 Å². The van der Waals surface area contributed by atoms with E-state index in [-0.39, 0.29) is 18.1 Å². The molecule has 1 amide bonds. The van der Waals surface area contributed by atoms with Gasteiger partial charge in [-0.3, -0.25) is 4.79 Å². The van der Waals surface area contributed by atoms with Gasteiger partial charge in [0.2, 0.25) is 0 Å². The second-order valence-electron chi connectivity index (χ2n) is 3.79. The predicted octanol–water partition coefficient (Wildman–Crippen LogP) is 1.75. The molecular weight excluding hydrogens is 272 g/mol. The molecule has 5 heteroatoms. The van der Waals surface area contributed by atoms with Gasteiger partial charge in [-0.25, -0.2) is 4.98 Å². The van der Waals surface area contributed by atoms with Gasteiger partial charge in [-0.15, -0.1) is 0 Å². The Morgan fingerprint density at radius 1 is 1.69 bits per heavy atom. The van der Waals surface area contributed by atoms with Crippen molar-refractivity contribution in [3.05, 3.63) is 28.5 Å². The summed E-state index contributed by atoms with van der Waals surface area (Å²) in [6, 6.07) is 3.58. The van der Waals surface area contributed by atoms with Gasteiger partial charge in [0.1, 0.15) is 4.60 Å². The third-order valence-corrected chi connectivity index (χ3v) is 3.33. The maximum absolute atomic E-state index is 11.9. The largest absolute Gasteiger partial charge is 0.376 e. The first-order chi connectivity index (χ1) is 7.68. The van der Waals surface area contributed by atoms with Gasteiger partial charge in [0.25, 0.3) is 5.91 Å². The lowest BCUT2D eigenvalue weighted by Gasteiger charge is -2.16. The standard InChI is InChI=1S/C11H13BrN2O2/c1-7-9(4-6-16-7)14-11(15)8-3-2-5-13-10(8)12/h2-3,5,7,9H,4,6H2,1H3,(H,14,15). The molecule has 1 aliphatic heterocycles. The maximum Gasteiger partial charge on any atom is 0.254 e. The highest BCUT2D eigenvalue weighted by Gasteiger charge is 2.26. The van der Waals surface area contributed by atoms with E-state index in [2.05, 4.69) is 26.2 Å². The summed E-state index contributed by atoms with van der Waals surface area (Å²) < 4.78 is 5.96. The Morgan fingerprint density at radius 3 is 3.12 bits per heavy atom. The molecule has 2 atom stereocenters. The number of nitrogens with one attached hydrogen (secondary N) is 1. The summed E-state index contributed by atoms with van der Waals surface area (Å²) in [5, 5.41) is 2.95. The number of rotatable bonds is 2. The first-order valence-corrected chi connectivity index (χ1v) is 6.01. The van der Waals surface area contributed by atoms with Crippen LogP contribution in [0.3, 0.4) is 0 Å². The zero-order chi connectivity index (χ0) is 11.5. The van der Waals surface area contributed by atoms with Crippen LogP contribution in [-0.2, 0) is 4.74 Å². The summed E-state index contributed by atoms with van der Waals surface area (Å²) in [4.78, 5) is 15.9. The summed E-state index contributed by atoms with van der Waals surface area (Å²) in [5.74, 6) is -0.109. The van der Waals surface area contributed by atoms with Gasteiger partial charge in [0.15, 0.2) is 0 Å². The molecule has 1 aliphatic rings. The summed E-state index contributed by atoms with van der Waals surface area (Å²) in [5.41, 5.74) is 0.557. The van der Waals surface area contributed by atoms with E-state index >= 15 is 0 Å². The summed E-state index contributed by atoms with van der Waals surface area (Å²) in [6.45, 7) is 2.68. The van der Waals surface area contributed by atoms with Crippen LogP contribution in [0.2, 0.25) is 0 Å². The van der Waals surface area contributed by atoms with Crippen molar-refractivity contribution in [2.45, 2.75) is 25.5 Å². The molecule has 4 nitrogen and oxygen atoms in total. The molecule has 16 heavy (non-hydrogen) atoms. The van der Waals surface area contributed by atoms with Crippen LogP contribution in [0, 0.1) is 0 Å². The maximum atomic E-state index is 11.9. The molecule has 2 heterocycles. The molecular formula is C11H13BrN2O2. The Bertz CT molecular complexity index is 397. The smallest absolute Gasteiger partial charge is 0.254 e. The molecule has 1 N–H and O–H groups in total. The van der Waals surface area contributed by atoms with Crippen LogP contribution in [0.4, 0.5) is 0 Å². The minimum atomic E-state index is -0.109. The van der Waals surface area contributed by atoms with Crippen LogP contribution in [0.5, 0.6) is 0 Å². The second kappa shape index (κ2) is 4.93. The van der Waals surface area contributed by atoms with E-state index in [0.29, 0.717) is 16.8 Å². The monoisotopic (exact) mass is 284 g/mol. The van der Waals surface area contributed by atoms with Gasteiger partial charge in [-0.2, -0.15) is 0 Å². The number of carbonyl (C=O) groups is 1.